The zero-order valence-corrected chi connectivity index (χ0v) is 12.4. The van der Waals surface area contributed by atoms with Crippen molar-refractivity contribution in [1.29, 1.82) is 0 Å². The van der Waals surface area contributed by atoms with E-state index in [-0.39, 0.29) is 17.9 Å². The number of likely N-dealkylation sites (tertiary alicyclic amines) is 1. The lowest BCUT2D eigenvalue weighted by atomic mass is 9.98. The van der Waals surface area contributed by atoms with E-state index in [0.717, 1.165) is 19.3 Å². The quantitative estimate of drug-likeness (QED) is 0.737. The first kappa shape index (κ1) is 15.7. The summed E-state index contributed by atoms with van der Waals surface area (Å²) in [6.45, 7) is 8.07. The molecule has 1 aliphatic rings. The first-order valence-corrected chi connectivity index (χ1v) is 6.98. The Hall–Kier alpha value is -1.32. The minimum Gasteiger partial charge on any atom is -0.444 e. The normalized spacial score (nSPS) is 20.6. The Balaban J connectivity index is 2.66. The number of allylic oxidation sites excluding steroid dienone is 2. The zero-order chi connectivity index (χ0) is 14.5. The van der Waals surface area contributed by atoms with Crippen LogP contribution in [0.25, 0.3) is 0 Å². The maximum absolute atomic E-state index is 12.1. The summed E-state index contributed by atoms with van der Waals surface area (Å²) >= 11 is 0. The molecule has 1 amide bonds. The van der Waals surface area contributed by atoms with E-state index in [1.54, 1.807) is 17.1 Å². The molecule has 1 aliphatic heterocycles. The number of piperidine rings is 1. The number of nitrogens with zero attached hydrogens (tertiary/aromatic N) is 1. The van der Waals surface area contributed by atoms with Gasteiger partial charge in [-0.3, -0.25) is 4.79 Å². The summed E-state index contributed by atoms with van der Waals surface area (Å²) in [5, 5.41) is 0. The van der Waals surface area contributed by atoms with Gasteiger partial charge in [0.1, 0.15) is 5.60 Å². The second kappa shape index (κ2) is 6.73. The van der Waals surface area contributed by atoms with Gasteiger partial charge in [-0.05, 0) is 53.0 Å². The number of ketones is 1. The van der Waals surface area contributed by atoms with Gasteiger partial charge in [0.05, 0.1) is 0 Å². The van der Waals surface area contributed by atoms with Crippen LogP contribution in [0, 0.1) is 0 Å². The van der Waals surface area contributed by atoms with Gasteiger partial charge in [-0.1, -0.05) is 6.08 Å². The number of carbonyl (C=O) groups is 2. The van der Waals surface area contributed by atoms with Gasteiger partial charge in [0, 0.05) is 19.0 Å². The van der Waals surface area contributed by atoms with Crippen molar-refractivity contribution in [1.82, 2.24) is 4.90 Å². The van der Waals surface area contributed by atoms with Crippen LogP contribution < -0.4 is 0 Å². The van der Waals surface area contributed by atoms with Crippen molar-refractivity contribution in [3.05, 3.63) is 12.2 Å². The van der Waals surface area contributed by atoms with Gasteiger partial charge in [-0.2, -0.15) is 0 Å². The summed E-state index contributed by atoms with van der Waals surface area (Å²) in [6.07, 6.45) is 6.32. The molecule has 0 aromatic carbocycles. The van der Waals surface area contributed by atoms with Crippen LogP contribution in [0.4, 0.5) is 4.79 Å². The topological polar surface area (TPSA) is 46.6 Å². The minimum absolute atomic E-state index is 0.0210. The molecule has 0 spiro atoms. The van der Waals surface area contributed by atoms with Gasteiger partial charge in [0.2, 0.25) is 0 Å². The monoisotopic (exact) mass is 267 g/mol. The molecule has 0 aromatic rings. The number of amides is 1. The van der Waals surface area contributed by atoms with E-state index in [1.807, 2.05) is 27.7 Å². The van der Waals surface area contributed by atoms with Crippen LogP contribution in [-0.2, 0) is 9.53 Å². The number of carbonyl (C=O) groups excluding carboxylic acids is 2. The fourth-order valence-corrected chi connectivity index (χ4v) is 2.26. The highest BCUT2D eigenvalue weighted by atomic mass is 16.6. The lowest BCUT2D eigenvalue weighted by Gasteiger charge is -2.36. The third-order valence-corrected chi connectivity index (χ3v) is 3.04. The highest BCUT2D eigenvalue weighted by Crippen LogP contribution is 2.22. The average molecular weight is 267 g/mol. The van der Waals surface area contributed by atoms with Crippen molar-refractivity contribution in [2.24, 2.45) is 0 Å². The number of hydrogen-bond acceptors (Lipinski definition) is 3. The third kappa shape index (κ3) is 5.45. The molecular formula is C15H25NO3. The van der Waals surface area contributed by atoms with E-state index in [0.29, 0.717) is 13.0 Å². The van der Waals surface area contributed by atoms with Gasteiger partial charge in [0.15, 0.2) is 5.78 Å². The molecule has 4 nitrogen and oxygen atoms in total. The SMILES string of the molecule is C/C=C/C(=O)C[C@H]1CCCCN1C(=O)OC(C)(C)C. The van der Waals surface area contributed by atoms with Crippen LogP contribution in [0.15, 0.2) is 12.2 Å². The molecule has 0 unspecified atom stereocenters. The molecule has 0 aromatic heterocycles. The molecule has 1 fully saturated rings. The number of ether oxygens (including phenoxy) is 1. The second-order valence-corrected chi connectivity index (χ2v) is 5.99. The van der Waals surface area contributed by atoms with Gasteiger partial charge >= 0.3 is 6.09 Å². The molecule has 4 heteroatoms. The molecule has 0 radical (unpaired) electrons. The van der Waals surface area contributed by atoms with E-state index < -0.39 is 5.60 Å². The summed E-state index contributed by atoms with van der Waals surface area (Å²) in [7, 11) is 0. The average Bonchev–Trinajstić information content (AvgIpc) is 2.27. The Morgan fingerprint density at radius 1 is 1.32 bits per heavy atom. The van der Waals surface area contributed by atoms with Crippen LogP contribution >= 0.6 is 0 Å². The molecule has 0 bridgehead atoms. The van der Waals surface area contributed by atoms with Crippen LogP contribution in [0.3, 0.4) is 0 Å². The molecule has 108 valence electrons. The Bertz CT molecular complexity index is 355. The van der Waals surface area contributed by atoms with E-state index in [2.05, 4.69) is 0 Å². The van der Waals surface area contributed by atoms with Crippen molar-refractivity contribution >= 4 is 11.9 Å². The zero-order valence-electron chi connectivity index (χ0n) is 12.4. The summed E-state index contributed by atoms with van der Waals surface area (Å²) in [5.41, 5.74) is -0.494. The lowest BCUT2D eigenvalue weighted by molar-refractivity contribution is -0.115. The fourth-order valence-electron chi connectivity index (χ4n) is 2.26. The second-order valence-electron chi connectivity index (χ2n) is 5.99. The van der Waals surface area contributed by atoms with Crippen molar-refractivity contribution in [2.75, 3.05) is 6.54 Å². The predicted octanol–water partition coefficient (Wildman–Crippen LogP) is 3.31. The first-order valence-electron chi connectivity index (χ1n) is 6.98. The molecule has 1 rings (SSSR count). The Kier molecular flexibility index (Phi) is 5.58. The van der Waals surface area contributed by atoms with Crippen molar-refractivity contribution in [2.45, 2.75) is 65.0 Å². The molecule has 0 N–H and O–H groups in total. The summed E-state index contributed by atoms with van der Waals surface area (Å²) in [5.74, 6) is 0.0722. The summed E-state index contributed by atoms with van der Waals surface area (Å²) in [4.78, 5) is 25.6. The van der Waals surface area contributed by atoms with Crippen molar-refractivity contribution in [3.8, 4) is 0 Å². The molecule has 1 saturated heterocycles. The van der Waals surface area contributed by atoms with E-state index in [1.165, 1.54) is 0 Å². The van der Waals surface area contributed by atoms with E-state index in [4.69, 9.17) is 4.74 Å². The lowest BCUT2D eigenvalue weighted by Crippen LogP contribution is -2.46. The highest BCUT2D eigenvalue weighted by Gasteiger charge is 2.31. The molecule has 0 aliphatic carbocycles. The van der Waals surface area contributed by atoms with Crippen LogP contribution in [-0.4, -0.2) is 35.0 Å². The Morgan fingerprint density at radius 3 is 2.58 bits per heavy atom. The van der Waals surface area contributed by atoms with Crippen molar-refractivity contribution in [3.63, 3.8) is 0 Å². The maximum atomic E-state index is 12.1. The predicted molar refractivity (Wildman–Crippen MR) is 75.0 cm³/mol. The standard InChI is InChI=1S/C15H25NO3/c1-5-8-13(17)11-12-9-6-7-10-16(12)14(18)19-15(2,3)4/h5,8,12H,6-7,9-11H2,1-4H3/b8-5+/t12-/m1/s1. The molecule has 1 atom stereocenters. The summed E-state index contributed by atoms with van der Waals surface area (Å²) in [6, 6.07) is -0.0210. The molecule has 19 heavy (non-hydrogen) atoms. The largest absolute Gasteiger partial charge is 0.444 e. The van der Waals surface area contributed by atoms with Gasteiger partial charge in [0.25, 0.3) is 0 Å². The van der Waals surface area contributed by atoms with Gasteiger partial charge in [-0.25, -0.2) is 4.79 Å². The van der Waals surface area contributed by atoms with Gasteiger partial charge in [-0.15, -0.1) is 0 Å². The number of hydrogen-bond donors (Lipinski definition) is 0. The highest BCUT2D eigenvalue weighted by molar-refractivity contribution is 5.90. The van der Waals surface area contributed by atoms with Crippen LogP contribution in [0.1, 0.15) is 53.4 Å². The third-order valence-electron chi connectivity index (χ3n) is 3.04. The van der Waals surface area contributed by atoms with Gasteiger partial charge < -0.3 is 9.64 Å². The Labute approximate surface area is 115 Å². The van der Waals surface area contributed by atoms with E-state index >= 15 is 0 Å². The van der Waals surface area contributed by atoms with Crippen molar-refractivity contribution < 1.29 is 14.3 Å². The fraction of sp³-hybridized carbons (Fsp3) is 0.733. The number of rotatable bonds is 3. The van der Waals surface area contributed by atoms with Crippen LogP contribution in [0.5, 0.6) is 0 Å². The Morgan fingerprint density at radius 2 is 2.00 bits per heavy atom. The minimum atomic E-state index is -0.494. The van der Waals surface area contributed by atoms with E-state index in [9.17, 15) is 9.59 Å². The molecular weight excluding hydrogens is 242 g/mol. The molecule has 0 saturated carbocycles. The first-order chi connectivity index (χ1) is 8.83. The smallest absolute Gasteiger partial charge is 0.410 e. The summed E-state index contributed by atoms with van der Waals surface area (Å²) < 4.78 is 5.41. The molecule has 1 heterocycles. The maximum Gasteiger partial charge on any atom is 0.410 e. The van der Waals surface area contributed by atoms with Crippen LogP contribution in [0.2, 0.25) is 0 Å².